The average Bonchev–Trinajstić information content (AvgIpc) is 2.27. The molecule has 0 aliphatic rings. The molecule has 0 amide bonds. The second-order valence-corrected chi connectivity index (χ2v) is 3.95. The third-order valence-electron chi connectivity index (χ3n) is 2.24. The van der Waals surface area contributed by atoms with Gasteiger partial charge in [-0.3, -0.25) is 0 Å². The van der Waals surface area contributed by atoms with E-state index < -0.39 is 5.82 Å². The Bertz CT molecular complexity index is 560. The number of phenols is 1. The summed E-state index contributed by atoms with van der Waals surface area (Å²) < 4.78 is 12.9. The molecule has 0 radical (unpaired) electrons. The number of nitrogens with two attached hydrogens (primary N) is 1. The van der Waals surface area contributed by atoms with Crippen LogP contribution in [-0.2, 0) is 0 Å². The molecule has 3 nitrogen and oxygen atoms in total. The first kappa shape index (κ1) is 11.5. The Morgan fingerprint density at radius 3 is 2.59 bits per heavy atom. The molecular formula is C12H10ClFN2O. The molecule has 0 atom stereocenters. The first-order valence-corrected chi connectivity index (χ1v) is 5.24. The molecule has 0 saturated carbocycles. The summed E-state index contributed by atoms with van der Waals surface area (Å²) >= 11 is 5.81. The van der Waals surface area contributed by atoms with Gasteiger partial charge in [0.15, 0.2) is 0 Å². The highest BCUT2D eigenvalue weighted by Gasteiger charge is 2.05. The van der Waals surface area contributed by atoms with Crippen LogP contribution < -0.4 is 11.1 Å². The van der Waals surface area contributed by atoms with Gasteiger partial charge in [-0.1, -0.05) is 11.6 Å². The van der Waals surface area contributed by atoms with Gasteiger partial charge in [0.25, 0.3) is 0 Å². The molecule has 0 aliphatic heterocycles. The van der Waals surface area contributed by atoms with E-state index in [-0.39, 0.29) is 11.4 Å². The Labute approximate surface area is 103 Å². The first-order chi connectivity index (χ1) is 8.06. The molecule has 88 valence electrons. The zero-order valence-electron chi connectivity index (χ0n) is 8.74. The van der Waals surface area contributed by atoms with E-state index in [0.29, 0.717) is 16.4 Å². The molecule has 4 N–H and O–H groups in total. The quantitative estimate of drug-likeness (QED) is 0.566. The maximum absolute atomic E-state index is 12.9. The Morgan fingerprint density at radius 1 is 1.12 bits per heavy atom. The minimum absolute atomic E-state index is 0.0399. The van der Waals surface area contributed by atoms with E-state index in [1.165, 1.54) is 24.3 Å². The molecule has 5 heteroatoms. The molecule has 0 aliphatic carbocycles. The number of aromatic hydroxyl groups is 1. The van der Waals surface area contributed by atoms with Crippen molar-refractivity contribution < 1.29 is 9.50 Å². The number of nitrogens with one attached hydrogen (secondary N) is 1. The summed E-state index contributed by atoms with van der Waals surface area (Å²) in [6, 6.07) is 8.55. The van der Waals surface area contributed by atoms with Crippen LogP contribution in [0, 0.1) is 5.82 Å². The van der Waals surface area contributed by atoms with Crippen molar-refractivity contribution in [3.63, 3.8) is 0 Å². The fourth-order valence-electron chi connectivity index (χ4n) is 1.40. The Morgan fingerprint density at radius 2 is 1.88 bits per heavy atom. The van der Waals surface area contributed by atoms with Crippen molar-refractivity contribution in [1.29, 1.82) is 0 Å². The van der Waals surface area contributed by atoms with Gasteiger partial charge in [0, 0.05) is 5.02 Å². The Balaban J connectivity index is 2.34. The van der Waals surface area contributed by atoms with Crippen LogP contribution in [0.1, 0.15) is 0 Å². The van der Waals surface area contributed by atoms with Crippen LogP contribution in [0.4, 0.5) is 21.5 Å². The van der Waals surface area contributed by atoms with E-state index in [0.717, 1.165) is 0 Å². The Hall–Kier alpha value is -1.94. The number of halogens is 2. The van der Waals surface area contributed by atoms with Gasteiger partial charge in [-0.2, -0.15) is 0 Å². The summed E-state index contributed by atoms with van der Waals surface area (Å²) in [6.45, 7) is 0. The molecular weight excluding hydrogens is 243 g/mol. The topological polar surface area (TPSA) is 58.3 Å². The van der Waals surface area contributed by atoms with Crippen LogP contribution >= 0.6 is 11.6 Å². The normalized spacial score (nSPS) is 10.2. The smallest absolute Gasteiger partial charge is 0.139 e. The molecule has 0 bridgehead atoms. The highest BCUT2D eigenvalue weighted by atomic mass is 35.5. The lowest BCUT2D eigenvalue weighted by atomic mass is 10.2. The van der Waals surface area contributed by atoms with Gasteiger partial charge < -0.3 is 16.2 Å². The average molecular weight is 253 g/mol. The second-order valence-electron chi connectivity index (χ2n) is 3.52. The molecule has 17 heavy (non-hydrogen) atoms. The lowest BCUT2D eigenvalue weighted by Crippen LogP contribution is -1.97. The van der Waals surface area contributed by atoms with Crippen molar-refractivity contribution >= 4 is 28.7 Å². The number of hydrogen-bond acceptors (Lipinski definition) is 3. The highest BCUT2D eigenvalue weighted by Crippen LogP contribution is 2.31. The number of rotatable bonds is 2. The SMILES string of the molecule is Nc1cc(F)ccc1Nc1cc(Cl)ccc1O. The minimum Gasteiger partial charge on any atom is -0.506 e. The molecule has 2 rings (SSSR count). The summed E-state index contributed by atoms with van der Waals surface area (Å²) in [6.07, 6.45) is 0. The maximum Gasteiger partial charge on any atom is 0.139 e. The maximum atomic E-state index is 12.9. The molecule has 0 heterocycles. The van der Waals surface area contributed by atoms with E-state index in [1.807, 2.05) is 0 Å². The molecule has 0 fully saturated rings. The van der Waals surface area contributed by atoms with E-state index in [1.54, 1.807) is 12.1 Å². The minimum atomic E-state index is -0.414. The van der Waals surface area contributed by atoms with Gasteiger partial charge in [0.2, 0.25) is 0 Å². The predicted molar refractivity (Wildman–Crippen MR) is 67.2 cm³/mol. The molecule has 0 aromatic heterocycles. The van der Waals surface area contributed by atoms with Gasteiger partial charge in [0.05, 0.1) is 17.1 Å². The van der Waals surface area contributed by atoms with Crippen LogP contribution in [0.25, 0.3) is 0 Å². The van der Waals surface area contributed by atoms with E-state index >= 15 is 0 Å². The number of benzene rings is 2. The van der Waals surface area contributed by atoms with Gasteiger partial charge in [-0.05, 0) is 36.4 Å². The van der Waals surface area contributed by atoms with Crippen molar-refractivity contribution in [3.05, 3.63) is 47.2 Å². The Kier molecular flexibility index (Phi) is 3.06. The number of hydrogen-bond donors (Lipinski definition) is 3. The second kappa shape index (κ2) is 4.51. The fourth-order valence-corrected chi connectivity index (χ4v) is 1.57. The van der Waals surface area contributed by atoms with Crippen LogP contribution in [0.3, 0.4) is 0 Å². The first-order valence-electron chi connectivity index (χ1n) is 4.87. The van der Waals surface area contributed by atoms with Crippen molar-refractivity contribution in [3.8, 4) is 5.75 Å². The molecule has 0 spiro atoms. The van der Waals surface area contributed by atoms with E-state index in [2.05, 4.69) is 5.32 Å². The lowest BCUT2D eigenvalue weighted by molar-refractivity contribution is 0.478. The monoisotopic (exact) mass is 252 g/mol. The summed E-state index contributed by atoms with van der Waals surface area (Å²) in [5.74, 6) is -0.374. The van der Waals surface area contributed by atoms with Crippen LogP contribution in [0.2, 0.25) is 5.02 Å². The van der Waals surface area contributed by atoms with Crippen molar-refractivity contribution in [2.45, 2.75) is 0 Å². The predicted octanol–water partition coefficient (Wildman–Crippen LogP) is 3.51. The number of nitrogen functional groups attached to an aromatic ring is 1. The molecule has 0 saturated heterocycles. The summed E-state index contributed by atoms with van der Waals surface area (Å²) in [4.78, 5) is 0. The standard InChI is InChI=1S/C12H10ClFN2O/c13-7-1-4-12(17)11(5-7)16-10-3-2-8(14)6-9(10)15/h1-6,16-17H,15H2. The van der Waals surface area contributed by atoms with Crippen molar-refractivity contribution in [2.75, 3.05) is 11.1 Å². The number of phenolic OH excluding ortho intramolecular Hbond substituents is 1. The fraction of sp³-hybridized carbons (Fsp3) is 0. The largest absolute Gasteiger partial charge is 0.506 e. The summed E-state index contributed by atoms with van der Waals surface area (Å²) in [5, 5.41) is 13.0. The highest BCUT2D eigenvalue weighted by molar-refractivity contribution is 6.31. The van der Waals surface area contributed by atoms with Gasteiger partial charge in [-0.25, -0.2) is 4.39 Å². The van der Waals surface area contributed by atoms with Gasteiger partial charge in [0.1, 0.15) is 11.6 Å². The van der Waals surface area contributed by atoms with Crippen molar-refractivity contribution in [1.82, 2.24) is 0 Å². The van der Waals surface area contributed by atoms with Crippen LogP contribution in [-0.4, -0.2) is 5.11 Å². The third kappa shape index (κ3) is 2.60. The lowest BCUT2D eigenvalue weighted by Gasteiger charge is -2.11. The van der Waals surface area contributed by atoms with Gasteiger partial charge in [-0.15, -0.1) is 0 Å². The zero-order valence-corrected chi connectivity index (χ0v) is 9.50. The summed E-state index contributed by atoms with van der Waals surface area (Å²) in [5.41, 5.74) is 6.81. The van der Waals surface area contributed by atoms with E-state index in [9.17, 15) is 9.50 Å². The van der Waals surface area contributed by atoms with E-state index in [4.69, 9.17) is 17.3 Å². The zero-order chi connectivity index (χ0) is 12.4. The van der Waals surface area contributed by atoms with Gasteiger partial charge >= 0.3 is 0 Å². The van der Waals surface area contributed by atoms with Crippen LogP contribution in [0.5, 0.6) is 5.75 Å². The number of anilines is 3. The summed E-state index contributed by atoms with van der Waals surface area (Å²) in [7, 11) is 0. The van der Waals surface area contributed by atoms with Crippen LogP contribution in [0.15, 0.2) is 36.4 Å². The third-order valence-corrected chi connectivity index (χ3v) is 2.48. The molecule has 0 unspecified atom stereocenters. The molecule has 2 aromatic rings. The molecule has 2 aromatic carbocycles. The van der Waals surface area contributed by atoms with Crippen molar-refractivity contribution in [2.24, 2.45) is 0 Å².